The number of carbonyl (C=O) groups is 2. The Kier molecular flexibility index (Phi) is 5.40. The summed E-state index contributed by atoms with van der Waals surface area (Å²) >= 11 is 7.52. The van der Waals surface area contributed by atoms with E-state index in [0.717, 1.165) is 22.4 Å². The van der Waals surface area contributed by atoms with Crippen LogP contribution < -0.4 is 4.90 Å². The van der Waals surface area contributed by atoms with Crippen LogP contribution in [0.4, 0.5) is 5.69 Å². The Morgan fingerprint density at radius 3 is 2.70 bits per heavy atom. The highest BCUT2D eigenvalue weighted by molar-refractivity contribution is 8.01. The molecule has 2 heterocycles. The monoisotopic (exact) mass is 473 g/mol. The van der Waals surface area contributed by atoms with Crippen molar-refractivity contribution in [2.45, 2.75) is 18.3 Å². The van der Waals surface area contributed by atoms with Gasteiger partial charge < -0.3 is 9.80 Å². The number of halogens is 1. The lowest BCUT2D eigenvalue weighted by Crippen LogP contribution is -2.50. The minimum Gasteiger partial charge on any atom is -0.311 e. The average Bonchev–Trinajstić information content (AvgIpc) is 3.36. The number of benzene rings is 3. The third-order valence-corrected chi connectivity index (χ3v) is 7.75. The van der Waals surface area contributed by atoms with Crippen LogP contribution in [0, 0.1) is 18.3 Å². The molecule has 5 nitrogen and oxygen atoms in total. The molecule has 164 valence electrons. The number of amides is 2. The molecule has 7 heteroatoms. The van der Waals surface area contributed by atoms with Gasteiger partial charge in [0.1, 0.15) is 0 Å². The number of anilines is 1. The van der Waals surface area contributed by atoms with Crippen LogP contribution in [-0.2, 0) is 16.2 Å². The van der Waals surface area contributed by atoms with Crippen LogP contribution >= 0.6 is 23.4 Å². The summed E-state index contributed by atoms with van der Waals surface area (Å²) < 4.78 is 0. The Hall–Kier alpha value is -3.27. The van der Waals surface area contributed by atoms with Crippen molar-refractivity contribution in [3.05, 3.63) is 99.6 Å². The summed E-state index contributed by atoms with van der Waals surface area (Å²) in [5.74, 6) is 0.344. The predicted molar refractivity (Wildman–Crippen MR) is 130 cm³/mol. The molecule has 5 rings (SSSR count). The molecule has 1 atom stereocenters. The van der Waals surface area contributed by atoms with Gasteiger partial charge in [-0.25, -0.2) is 0 Å². The fraction of sp³-hybridized carbons (Fsp3) is 0.192. The zero-order valence-electron chi connectivity index (χ0n) is 17.9. The lowest BCUT2D eigenvalue weighted by Gasteiger charge is -2.33. The topological polar surface area (TPSA) is 64.4 Å². The minimum atomic E-state index is -1.11. The number of hydrogen-bond acceptors (Lipinski definition) is 4. The van der Waals surface area contributed by atoms with Crippen LogP contribution in [0.3, 0.4) is 0 Å². The summed E-state index contributed by atoms with van der Waals surface area (Å²) in [6.45, 7) is 2.79. The van der Waals surface area contributed by atoms with Crippen molar-refractivity contribution in [2.75, 3.05) is 17.2 Å². The van der Waals surface area contributed by atoms with E-state index in [1.165, 1.54) is 11.8 Å². The average molecular weight is 474 g/mol. The molecule has 33 heavy (non-hydrogen) atoms. The molecule has 2 aliphatic heterocycles. The van der Waals surface area contributed by atoms with Crippen molar-refractivity contribution in [1.29, 1.82) is 5.26 Å². The number of aryl methyl sites for hydroxylation is 1. The molecule has 0 N–H and O–H groups in total. The van der Waals surface area contributed by atoms with Crippen LogP contribution in [0.2, 0.25) is 5.02 Å². The number of thioether (sulfide) groups is 1. The lowest BCUT2D eigenvalue weighted by molar-refractivity contribution is -0.123. The highest BCUT2D eigenvalue weighted by Crippen LogP contribution is 2.55. The van der Waals surface area contributed by atoms with Gasteiger partial charge in [-0.3, -0.25) is 9.59 Å². The van der Waals surface area contributed by atoms with Gasteiger partial charge in [-0.15, -0.1) is 11.8 Å². The maximum Gasteiger partial charge on any atom is 0.268 e. The second-order valence-electron chi connectivity index (χ2n) is 8.18. The third kappa shape index (κ3) is 3.49. The second kappa shape index (κ2) is 8.26. The second-order valence-corrected chi connectivity index (χ2v) is 9.90. The first-order valence-corrected chi connectivity index (χ1v) is 11.9. The van der Waals surface area contributed by atoms with E-state index in [1.54, 1.807) is 46.2 Å². The van der Waals surface area contributed by atoms with Gasteiger partial charge in [0, 0.05) is 28.4 Å². The number of nitriles is 1. The van der Waals surface area contributed by atoms with E-state index < -0.39 is 4.87 Å². The quantitative estimate of drug-likeness (QED) is 0.530. The van der Waals surface area contributed by atoms with Crippen LogP contribution in [0.1, 0.15) is 32.6 Å². The van der Waals surface area contributed by atoms with Gasteiger partial charge >= 0.3 is 0 Å². The molecule has 3 aromatic carbocycles. The fourth-order valence-corrected chi connectivity index (χ4v) is 6.13. The van der Waals surface area contributed by atoms with Gasteiger partial charge in [0.15, 0.2) is 4.87 Å². The predicted octanol–water partition coefficient (Wildman–Crippen LogP) is 5.11. The van der Waals surface area contributed by atoms with E-state index in [2.05, 4.69) is 6.07 Å². The van der Waals surface area contributed by atoms with Crippen LogP contribution in [0.25, 0.3) is 0 Å². The van der Waals surface area contributed by atoms with Crippen molar-refractivity contribution < 1.29 is 9.59 Å². The van der Waals surface area contributed by atoms with Gasteiger partial charge in [0.25, 0.3) is 11.8 Å². The zero-order chi connectivity index (χ0) is 23.2. The SMILES string of the molecule is Cc1ccc2c(c1)C1(SCCN1C(=O)c1ccc(Cl)cc1)C(=O)N2Cc1cccc(C#N)c1. The van der Waals surface area contributed by atoms with Crippen molar-refractivity contribution in [3.8, 4) is 6.07 Å². The summed E-state index contributed by atoms with van der Waals surface area (Å²) in [7, 11) is 0. The molecule has 0 radical (unpaired) electrons. The van der Waals surface area contributed by atoms with Gasteiger partial charge in [-0.2, -0.15) is 5.26 Å². The number of hydrogen-bond donors (Lipinski definition) is 0. The number of fused-ring (bicyclic) bond motifs is 2. The highest BCUT2D eigenvalue weighted by atomic mass is 35.5. The molecular weight excluding hydrogens is 454 g/mol. The first kappa shape index (κ1) is 21.6. The summed E-state index contributed by atoms with van der Waals surface area (Å²) in [4.78, 5) is 30.0. The normalized spacial score (nSPS) is 19.1. The van der Waals surface area contributed by atoms with Crippen molar-refractivity contribution in [1.82, 2.24) is 4.90 Å². The maximum atomic E-state index is 14.1. The van der Waals surface area contributed by atoms with E-state index >= 15 is 0 Å². The van der Waals surface area contributed by atoms with Crippen molar-refractivity contribution >= 4 is 40.9 Å². The van der Waals surface area contributed by atoms with E-state index in [0.29, 0.717) is 35.0 Å². The van der Waals surface area contributed by atoms with Gasteiger partial charge in [0.05, 0.1) is 23.9 Å². The highest BCUT2D eigenvalue weighted by Gasteiger charge is 2.59. The Morgan fingerprint density at radius 1 is 1.15 bits per heavy atom. The Bertz CT molecular complexity index is 1320. The molecule has 0 aromatic heterocycles. The minimum absolute atomic E-state index is 0.129. The van der Waals surface area contributed by atoms with Crippen LogP contribution in [0.15, 0.2) is 66.7 Å². The Morgan fingerprint density at radius 2 is 1.94 bits per heavy atom. The fourth-order valence-electron chi connectivity index (χ4n) is 4.56. The zero-order valence-corrected chi connectivity index (χ0v) is 19.5. The molecule has 1 spiro atoms. The molecule has 1 unspecified atom stereocenters. The summed E-state index contributed by atoms with van der Waals surface area (Å²) in [6.07, 6.45) is 0. The first-order chi connectivity index (χ1) is 15.9. The maximum absolute atomic E-state index is 14.1. The van der Waals surface area contributed by atoms with Gasteiger partial charge in [-0.1, -0.05) is 41.4 Å². The Labute approximate surface area is 201 Å². The Balaban J connectivity index is 1.59. The van der Waals surface area contributed by atoms with Crippen LogP contribution in [-0.4, -0.2) is 29.0 Å². The van der Waals surface area contributed by atoms with E-state index in [-0.39, 0.29) is 11.8 Å². The molecule has 1 fully saturated rings. The van der Waals surface area contributed by atoms with Crippen molar-refractivity contribution in [2.24, 2.45) is 0 Å². The number of nitrogens with zero attached hydrogens (tertiary/aromatic N) is 3. The largest absolute Gasteiger partial charge is 0.311 e. The molecule has 0 aliphatic carbocycles. The smallest absolute Gasteiger partial charge is 0.268 e. The molecule has 3 aromatic rings. The molecular formula is C26H20ClN3O2S. The summed E-state index contributed by atoms with van der Waals surface area (Å²) in [6, 6.07) is 22.1. The standard InChI is InChI=1S/C26H20ClN3O2S/c1-17-5-10-23-22(13-17)26(25(32)29(23)16-19-4-2-3-18(14-19)15-28)30(11-12-33-26)24(31)20-6-8-21(27)9-7-20/h2-10,13-14H,11-12,16H2,1H3. The van der Waals surface area contributed by atoms with E-state index in [1.807, 2.05) is 37.3 Å². The van der Waals surface area contributed by atoms with Gasteiger partial charge in [0.2, 0.25) is 0 Å². The first-order valence-electron chi connectivity index (χ1n) is 10.6. The number of rotatable bonds is 3. The van der Waals surface area contributed by atoms with Gasteiger partial charge in [-0.05, 0) is 55.0 Å². The summed E-state index contributed by atoms with van der Waals surface area (Å²) in [5.41, 5.74) is 4.59. The summed E-state index contributed by atoms with van der Waals surface area (Å²) in [5, 5.41) is 9.82. The van der Waals surface area contributed by atoms with Crippen LogP contribution in [0.5, 0.6) is 0 Å². The molecule has 2 amide bonds. The number of carbonyl (C=O) groups excluding carboxylic acids is 2. The molecule has 1 saturated heterocycles. The van der Waals surface area contributed by atoms with E-state index in [4.69, 9.17) is 11.6 Å². The lowest BCUT2D eigenvalue weighted by atomic mass is 10.0. The van der Waals surface area contributed by atoms with Crippen molar-refractivity contribution in [3.63, 3.8) is 0 Å². The van der Waals surface area contributed by atoms with E-state index in [9.17, 15) is 14.9 Å². The molecule has 2 aliphatic rings. The molecule has 0 saturated carbocycles. The third-order valence-electron chi connectivity index (χ3n) is 6.08. The molecule has 0 bridgehead atoms.